The minimum Gasteiger partial charge on any atom is -0.507 e. The second-order valence-corrected chi connectivity index (χ2v) is 7.09. The maximum Gasteiger partial charge on any atom is 0.201 e. The molecule has 0 saturated heterocycles. The lowest BCUT2D eigenvalue weighted by atomic mass is 9.71. The normalized spacial score (nSPS) is 26.4. The highest BCUT2D eigenvalue weighted by Crippen LogP contribution is 2.50. The van der Waals surface area contributed by atoms with Gasteiger partial charge in [0.05, 0.1) is 22.8 Å². The van der Waals surface area contributed by atoms with Crippen LogP contribution in [0.2, 0.25) is 0 Å². The molecule has 0 fully saturated rings. The van der Waals surface area contributed by atoms with Crippen LogP contribution in [0.3, 0.4) is 0 Å². The molecule has 2 aliphatic rings. The average molecular weight is 370 g/mol. The molecule has 2 aromatic rings. The zero-order valence-corrected chi connectivity index (χ0v) is 14.4. The number of phenols is 2. The minimum absolute atomic E-state index is 0.0107. The second kappa shape index (κ2) is 5.63. The summed E-state index contributed by atoms with van der Waals surface area (Å²) < 4.78 is 0. The Balaban J connectivity index is 2.02. The lowest BCUT2D eigenvalue weighted by Gasteiger charge is -2.41. The van der Waals surface area contributed by atoms with E-state index in [1.54, 1.807) is 6.92 Å². The number of fused-ring (bicyclic) bond motifs is 3. The number of aliphatic hydroxyl groups is 3. The molecule has 7 heteroatoms. The number of hydrogen-bond acceptors (Lipinski definition) is 7. The van der Waals surface area contributed by atoms with Gasteiger partial charge >= 0.3 is 0 Å². The SMILES string of the molecule is CC[C@@]1(O)C[C@H](O)c2c(cc3c(c2O)C(=O)c2c(O)cccc2C3=O)[C@H]1O. The predicted molar refractivity (Wildman–Crippen MR) is 92.9 cm³/mol. The molecule has 0 bridgehead atoms. The highest BCUT2D eigenvalue weighted by Gasteiger charge is 2.47. The fourth-order valence-corrected chi connectivity index (χ4v) is 4.10. The third kappa shape index (κ3) is 2.19. The van der Waals surface area contributed by atoms with Crippen LogP contribution in [0.1, 0.15) is 74.9 Å². The van der Waals surface area contributed by atoms with Crippen LogP contribution in [-0.2, 0) is 0 Å². The van der Waals surface area contributed by atoms with Crippen LogP contribution in [0.15, 0.2) is 24.3 Å². The molecule has 0 saturated carbocycles. The van der Waals surface area contributed by atoms with Crippen molar-refractivity contribution < 1.29 is 35.1 Å². The van der Waals surface area contributed by atoms with Crippen molar-refractivity contribution in [3.8, 4) is 11.5 Å². The van der Waals surface area contributed by atoms with E-state index in [0.29, 0.717) is 0 Å². The van der Waals surface area contributed by atoms with Gasteiger partial charge in [0.2, 0.25) is 5.78 Å². The number of hydrogen-bond donors (Lipinski definition) is 5. The zero-order valence-electron chi connectivity index (χ0n) is 14.4. The van der Waals surface area contributed by atoms with Crippen molar-refractivity contribution in [3.05, 3.63) is 57.6 Å². The van der Waals surface area contributed by atoms with Gasteiger partial charge in [-0.25, -0.2) is 0 Å². The third-order valence-electron chi connectivity index (χ3n) is 5.65. The Morgan fingerprint density at radius 3 is 2.44 bits per heavy atom. The van der Waals surface area contributed by atoms with Gasteiger partial charge in [-0.1, -0.05) is 19.1 Å². The van der Waals surface area contributed by atoms with Crippen molar-refractivity contribution in [2.75, 3.05) is 0 Å². The van der Waals surface area contributed by atoms with Crippen LogP contribution in [0.25, 0.3) is 0 Å². The molecule has 5 N–H and O–H groups in total. The zero-order chi connectivity index (χ0) is 19.7. The summed E-state index contributed by atoms with van der Waals surface area (Å²) in [6, 6.07) is 5.33. The molecule has 140 valence electrons. The number of phenolic OH excluding ortho intramolecular Hbond substituents is 2. The lowest BCUT2D eigenvalue weighted by molar-refractivity contribution is -0.117. The number of aliphatic hydroxyl groups excluding tert-OH is 2. The predicted octanol–water partition coefficient (Wildman–Crippen LogP) is 1.48. The van der Waals surface area contributed by atoms with Gasteiger partial charge in [-0.3, -0.25) is 9.59 Å². The van der Waals surface area contributed by atoms with Crippen molar-refractivity contribution in [2.45, 2.75) is 37.6 Å². The van der Waals surface area contributed by atoms with Crippen LogP contribution in [0.5, 0.6) is 11.5 Å². The summed E-state index contributed by atoms with van der Waals surface area (Å²) in [5.41, 5.74) is -2.37. The number of carbonyl (C=O) groups excluding carboxylic acids is 2. The number of rotatable bonds is 1. The Hall–Kier alpha value is -2.74. The number of ketones is 2. The molecule has 0 spiro atoms. The standard InChI is InChI=1S/C20H18O7/c1-2-20(27)7-12(22)14-10(19(20)26)6-9-15(18(14)25)17(24)13-8(16(9)23)4-3-5-11(13)21/h3-6,12,19,21-22,25-27H,2,7H2,1H3/t12-,19+,20+/m0/s1. The van der Waals surface area contributed by atoms with Crippen LogP contribution in [0, 0.1) is 0 Å². The lowest BCUT2D eigenvalue weighted by Crippen LogP contribution is -2.42. The van der Waals surface area contributed by atoms with Crippen molar-refractivity contribution in [2.24, 2.45) is 0 Å². The van der Waals surface area contributed by atoms with E-state index in [-0.39, 0.29) is 52.0 Å². The van der Waals surface area contributed by atoms with Gasteiger partial charge in [0.1, 0.15) is 17.6 Å². The van der Waals surface area contributed by atoms with Gasteiger partial charge in [0, 0.05) is 23.1 Å². The Morgan fingerprint density at radius 1 is 1.07 bits per heavy atom. The Labute approximate surface area is 154 Å². The Kier molecular flexibility index (Phi) is 3.68. The quantitative estimate of drug-likeness (QED) is 0.438. The van der Waals surface area contributed by atoms with E-state index in [1.165, 1.54) is 24.3 Å². The summed E-state index contributed by atoms with van der Waals surface area (Å²) in [7, 11) is 0. The van der Waals surface area contributed by atoms with E-state index in [9.17, 15) is 35.1 Å². The van der Waals surface area contributed by atoms with Gasteiger partial charge in [0.15, 0.2) is 5.78 Å². The first kappa shape index (κ1) is 17.7. The summed E-state index contributed by atoms with van der Waals surface area (Å²) in [5.74, 6) is -2.33. The fraction of sp³-hybridized carbons (Fsp3) is 0.300. The largest absolute Gasteiger partial charge is 0.507 e. The molecule has 4 rings (SSSR count). The van der Waals surface area contributed by atoms with E-state index >= 15 is 0 Å². The molecule has 0 amide bonds. The van der Waals surface area contributed by atoms with Crippen molar-refractivity contribution in [1.82, 2.24) is 0 Å². The molecule has 7 nitrogen and oxygen atoms in total. The van der Waals surface area contributed by atoms with Crippen LogP contribution < -0.4 is 0 Å². The highest BCUT2D eigenvalue weighted by molar-refractivity contribution is 6.30. The summed E-state index contributed by atoms with van der Waals surface area (Å²) in [6.45, 7) is 1.65. The van der Waals surface area contributed by atoms with E-state index < -0.39 is 35.1 Å². The Morgan fingerprint density at radius 2 is 1.78 bits per heavy atom. The average Bonchev–Trinajstić information content (AvgIpc) is 2.63. The van der Waals surface area contributed by atoms with E-state index in [4.69, 9.17) is 0 Å². The number of carbonyl (C=O) groups is 2. The van der Waals surface area contributed by atoms with Gasteiger partial charge in [-0.05, 0) is 24.1 Å². The maximum atomic E-state index is 12.9. The molecule has 0 heterocycles. The third-order valence-corrected chi connectivity index (χ3v) is 5.65. The van der Waals surface area contributed by atoms with Gasteiger partial charge in [-0.15, -0.1) is 0 Å². The summed E-state index contributed by atoms with van der Waals surface area (Å²) in [5, 5.41) is 52.4. The smallest absolute Gasteiger partial charge is 0.201 e. The van der Waals surface area contributed by atoms with Crippen LogP contribution in [0.4, 0.5) is 0 Å². The molecule has 2 aromatic carbocycles. The minimum atomic E-state index is -1.62. The van der Waals surface area contributed by atoms with E-state index in [0.717, 1.165) is 0 Å². The molecule has 3 atom stereocenters. The molecule has 0 unspecified atom stereocenters. The molecule has 0 aromatic heterocycles. The van der Waals surface area contributed by atoms with Crippen LogP contribution in [-0.4, -0.2) is 42.7 Å². The maximum absolute atomic E-state index is 12.9. The fourth-order valence-electron chi connectivity index (χ4n) is 4.10. The number of benzene rings is 2. The van der Waals surface area contributed by atoms with Crippen molar-refractivity contribution in [1.29, 1.82) is 0 Å². The highest BCUT2D eigenvalue weighted by atomic mass is 16.3. The second-order valence-electron chi connectivity index (χ2n) is 7.09. The first-order valence-electron chi connectivity index (χ1n) is 8.61. The topological polar surface area (TPSA) is 135 Å². The van der Waals surface area contributed by atoms with Crippen molar-refractivity contribution >= 4 is 11.6 Å². The summed E-state index contributed by atoms with van der Waals surface area (Å²) in [4.78, 5) is 25.8. The summed E-state index contributed by atoms with van der Waals surface area (Å²) in [6.07, 6.45) is -2.85. The van der Waals surface area contributed by atoms with Gasteiger partial charge < -0.3 is 25.5 Å². The first-order chi connectivity index (χ1) is 12.7. The molecule has 0 radical (unpaired) electrons. The first-order valence-corrected chi connectivity index (χ1v) is 8.61. The molecule has 27 heavy (non-hydrogen) atoms. The molecular weight excluding hydrogens is 352 g/mol. The summed E-state index contributed by atoms with van der Waals surface area (Å²) >= 11 is 0. The van der Waals surface area contributed by atoms with E-state index in [1.807, 2.05) is 0 Å². The van der Waals surface area contributed by atoms with Gasteiger partial charge in [0.25, 0.3) is 0 Å². The Bertz CT molecular complexity index is 1010. The number of aromatic hydroxyl groups is 2. The van der Waals surface area contributed by atoms with Crippen LogP contribution >= 0.6 is 0 Å². The van der Waals surface area contributed by atoms with Crippen molar-refractivity contribution in [3.63, 3.8) is 0 Å². The molecule has 0 aliphatic heterocycles. The molecule has 2 aliphatic carbocycles. The molecular formula is C20H18O7. The monoisotopic (exact) mass is 370 g/mol. The van der Waals surface area contributed by atoms with E-state index in [2.05, 4.69) is 0 Å². The van der Waals surface area contributed by atoms with Gasteiger partial charge in [-0.2, -0.15) is 0 Å².